The molecule has 1 aromatic rings. The third kappa shape index (κ3) is 6.21. The number of hydrogen-bond donors (Lipinski definition) is 1. The number of methoxy groups -OCH3 is 1. The Kier molecular flexibility index (Phi) is 9.57. The van der Waals surface area contributed by atoms with Crippen LogP contribution in [0.15, 0.2) is 24.3 Å². The fourth-order valence-corrected chi connectivity index (χ4v) is 2.96. The Hall–Kier alpha value is -1.46. The second kappa shape index (κ2) is 11.2. The van der Waals surface area contributed by atoms with Gasteiger partial charge in [0.05, 0.1) is 20.1 Å². The van der Waals surface area contributed by atoms with Crippen molar-refractivity contribution >= 4 is 18.3 Å². The minimum atomic E-state index is 0. The molecule has 0 atom stereocenters. The van der Waals surface area contributed by atoms with Gasteiger partial charge in [-0.15, -0.1) is 12.4 Å². The quantitative estimate of drug-likeness (QED) is 0.778. The largest absolute Gasteiger partial charge is 0.493 e. The van der Waals surface area contributed by atoms with Gasteiger partial charge >= 0.3 is 0 Å². The Labute approximate surface area is 151 Å². The molecule has 0 saturated carbocycles. The Bertz CT molecular complexity index is 491. The first-order chi connectivity index (χ1) is 11.2. The van der Waals surface area contributed by atoms with Crippen molar-refractivity contribution in [1.29, 1.82) is 0 Å². The summed E-state index contributed by atoms with van der Waals surface area (Å²) in [4.78, 5) is 14.2. The summed E-state index contributed by atoms with van der Waals surface area (Å²) in [7, 11) is 3.60. The first-order valence-electron chi connectivity index (χ1n) is 8.42. The molecular formula is C18H29ClN2O3. The van der Waals surface area contributed by atoms with Crippen molar-refractivity contribution < 1.29 is 14.3 Å². The van der Waals surface area contributed by atoms with Crippen molar-refractivity contribution in [1.82, 2.24) is 10.2 Å². The van der Waals surface area contributed by atoms with Crippen molar-refractivity contribution in [3.8, 4) is 11.5 Å². The number of carbonyl (C=O) groups excluding carboxylic acids is 1. The van der Waals surface area contributed by atoms with Gasteiger partial charge in [0.15, 0.2) is 11.5 Å². The molecule has 1 heterocycles. The topological polar surface area (TPSA) is 50.8 Å². The molecule has 24 heavy (non-hydrogen) atoms. The summed E-state index contributed by atoms with van der Waals surface area (Å²) in [5.74, 6) is 2.32. The van der Waals surface area contributed by atoms with Crippen molar-refractivity contribution in [2.45, 2.75) is 25.7 Å². The van der Waals surface area contributed by atoms with Gasteiger partial charge in [-0.3, -0.25) is 4.79 Å². The average Bonchev–Trinajstić information content (AvgIpc) is 2.60. The predicted molar refractivity (Wildman–Crippen MR) is 98.2 cm³/mol. The first-order valence-corrected chi connectivity index (χ1v) is 8.42. The molecule has 0 bridgehead atoms. The number of ether oxygens (including phenoxy) is 2. The average molecular weight is 357 g/mol. The van der Waals surface area contributed by atoms with Crippen LogP contribution < -0.4 is 14.8 Å². The number of nitrogens with one attached hydrogen (secondary N) is 1. The fourth-order valence-electron chi connectivity index (χ4n) is 2.96. The van der Waals surface area contributed by atoms with E-state index < -0.39 is 0 Å². The first kappa shape index (κ1) is 20.6. The van der Waals surface area contributed by atoms with E-state index in [1.54, 1.807) is 7.11 Å². The van der Waals surface area contributed by atoms with Gasteiger partial charge < -0.3 is 19.7 Å². The molecule has 1 aliphatic heterocycles. The van der Waals surface area contributed by atoms with Crippen LogP contribution in [-0.2, 0) is 4.79 Å². The van der Waals surface area contributed by atoms with Crippen molar-refractivity contribution in [3.63, 3.8) is 0 Å². The lowest BCUT2D eigenvalue weighted by molar-refractivity contribution is -0.133. The van der Waals surface area contributed by atoms with Crippen LogP contribution >= 0.6 is 12.4 Å². The van der Waals surface area contributed by atoms with Gasteiger partial charge in [0.1, 0.15) is 0 Å². The second-order valence-corrected chi connectivity index (χ2v) is 5.97. The molecule has 0 radical (unpaired) electrons. The van der Waals surface area contributed by atoms with Gasteiger partial charge in [0.25, 0.3) is 0 Å². The Morgan fingerprint density at radius 3 is 2.54 bits per heavy atom. The molecule has 2 rings (SSSR count). The molecule has 5 nitrogen and oxygen atoms in total. The highest BCUT2D eigenvalue weighted by molar-refractivity contribution is 5.85. The Morgan fingerprint density at radius 1 is 1.25 bits per heavy atom. The number of nitrogens with zero attached hydrogens (tertiary/aromatic N) is 1. The molecule has 0 aliphatic carbocycles. The summed E-state index contributed by atoms with van der Waals surface area (Å²) in [6, 6.07) is 7.51. The SMILES string of the molecule is CNCCC1CCN(C(=O)CCOc2ccccc2OC)CC1.Cl. The predicted octanol–water partition coefficient (Wildman–Crippen LogP) is 2.73. The zero-order valence-electron chi connectivity index (χ0n) is 14.6. The number of para-hydroxylation sites is 2. The lowest BCUT2D eigenvalue weighted by Gasteiger charge is -2.32. The molecule has 1 aliphatic rings. The van der Waals surface area contributed by atoms with Crippen molar-refractivity contribution in [3.05, 3.63) is 24.3 Å². The molecule has 0 aromatic heterocycles. The lowest BCUT2D eigenvalue weighted by Crippen LogP contribution is -2.39. The number of piperidine rings is 1. The summed E-state index contributed by atoms with van der Waals surface area (Å²) >= 11 is 0. The standard InChI is InChI=1S/C18H28N2O3.ClH/c1-19-11-7-15-8-12-20(13-9-15)18(21)10-14-23-17-6-4-3-5-16(17)22-2;/h3-6,15,19H,7-14H2,1-2H3;1H. The molecule has 1 N–H and O–H groups in total. The molecule has 1 amide bonds. The van der Waals surface area contributed by atoms with Gasteiger partial charge in [-0.05, 0) is 50.9 Å². The van der Waals surface area contributed by atoms with E-state index >= 15 is 0 Å². The number of amides is 1. The minimum absolute atomic E-state index is 0. The number of benzene rings is 1. The highest BCUT2D eigenvalue weighted by Crippen LogP contribution is 2.26. The number of likely N-dealkylation sites (tertiary alicyclic amines) is 1. The molecule has 6 heteroatoms. The fraction of sp³-hybridized carbons (Fsp3) is 0.611. The van der Waals surface area contributed by atoms with E-state index in [1.165, 1.54) is 6.42 Å². The maximum Gasteiger partial charge on any atom is 0.225 e. The lowest BCUT2D eigenvalue weighted by atomic mass is 9.93. The van der Waals surface area contributed by atoms with E-state index in [0.29, 0.717) is 24.5 Å². The van der Waals surface area contributed by atoms with Crippen LogP contribution in [-0.4, -0.2) is 51.2 Å². The zero-order chi connectivity index (χ0) is 16.5. The summed E-state index contributed by atoms with van der Waals surface area (Å²) in [6.07, 6.45) is 3.84. The summed E-state index contributed by atoms with van der Waals surface area (Å²) in [5.41, 5.74) is 0. The molecule has 136 valence electrons. The van der Waals surface area contributed by atoms with E-state index in [4.69, 9.17) is 9.47 Å². The number of carbonyl (C=O) groups is 1. The third-order valence-corrected chi connectivity index (χ3v) is 4.41. The second-order valence-electron chi connectivity index (χ2n) is 5.97. The van der Waals surface area contributed by atoms with Gasteiger partial charge in [-0.2, -0.15) is 0 Å². The molecule has 1 aromatic carbocycles. The van der Waals surface area contributed by atoms with Crippen LogP contribution in [0.25, 0.3) is 0 Å². The van der Waals surface area contributed by atoms with Crippen LogP contribution in [0.1, 0.15) is 25.7 Å². The monoisotopic (exact) mass is 356 g/mol. The summed E-state index contributed by atoms with van der Waals surface area (Å²) < 4.78 is 10.9. The number of halogens is 1. The Morgan fingerprint density at radius 2 is 1.92 bits per heavy atom. The van der Waals surface area contributed by atoms with Crippen molar-refractivity contribution in [2.75, 3.05) is 40.4 Å². The highest BCUT2D eigenvalue weighted by atomic mass is 35.5. The number of hydrogen-bond acceptors (Lipinski definition) is 4. The normalized spacial score (nSPS) is 14.8. The van der Waals surface area contributed by atoms with E-state index in [9.17, 15) is 4.79 Å². The minimum Gasteiger partial charge on any atom is -0.493 e. The maximum absolute atomic E-state index is 12.3. The maximum atomic E-state index is 12.3. The summed E-state index contributed by atoms with van der Waals surface area (Å²) in [6.45, 7) is 3.20. The Balaban J connectivity index is 0.00000288. The molecule has 0 spiro atoms. The highest BCUT2D eigenvalue weighted by Gasteiger charge is 2.22. The van der Waals surface area contributed by atoms with Gasteiger partial charge in [0.2, 0.25) is 5.91 Å². The molecular weight excluding hydrogens is 328 g/mol. The van der Waals surface area contributed by atoms with Gasteiger partial charge in [-0.25, -0.2) is 0 Å². The van der Waals surface area contributed by atoms with Gasteiger partial charge in [0, 0.05) is 13.1 Å². The van der Waals surface area contributed by atoms with Crippen LogP contribution in [0, 0.1) is 5.92 Å². The van der Waals surface area contributed by atoms with Crippen LogP contribution in [0.3, 0.4) is 0 Å². The molecule has 0 unspecified atom stereocenters. The van der Waals surface area contributed by atoms with Crippen LogP contribution in [0.5, 0.6) is 11.5 Å². The smallest absolute Gasteiger partial charge is 0.225 e. The summed E-state index contributed by atoms with van der Waals surface area (Å²) in [5, 5.41) is 3.19. The van der Waals surface area contributed by atoms with Crippen LogP contribution in [0.2, 0.25) is 0 Å². The van der Waals surface area contributed by atoms with E-state index in [2.05, 4.69) is 5.32 Å². The van der Waals surface area contributed by atoms with Gasteiger partial charge in [-0.1, -0.05) is 12.1 Å². The van der Waals surface area contributed by atoms with E-state index in [0.717, 1.165) is 38.4 Å². The third-order valence-electron chi connectivity index (χ3n) is 4.41. The van der Waals surface area contributed by atoms with E-state index in [1.807, 2.05) is 36.2 Å². The zero-order valence-corrected chi connectivity index (χ0v) is 15.4. The van der Waals surface area contributed by atoms with E-state index in [-0.39, 0.29) is 18.3 Å². The molecule has 1 saturated heterocycles. The van der Waals surface area contributed by atoms with Crippen LogP contribution in [0.4, 0.5) is 0 Å². The van der Waals surface area contributed by atoms with Crippen molar-refractivity contribution in [2.24, 2.45) is 5.92 Å². The molecule has 1 fully saturated rings. The number of rotatable bonds is 8.